The molecule has 0 aliphatic rings. The number of aromatic nitrogens is 1. The highest BCUT2D eigenvalue weighted by molar-refractivity contribution is 7.83. The molecule has 4 rings (SSSR count). The second kappa shape index (κ2) is 6.20. The summed E-state index contributed by atoms with van der Waals surface area (Å²) in [5.41, 5.74) is 2.53. The molecule has 1 unspecified atom stereocenters. The van der Waals surface area contributed by atoms with Crippen LogP contribution < -0.4 is 0 Å². The summed E-state index contributed by atoms with van der Waals surface area (Å²) in [5, 5.41) is 2.90. The molecule has 25 heavy (non-hydrogen) atoms. The summed E-state index contributed by atoms with van der Waals surface area (Å²) < 4.78 is 42.3. The van der Waals surface area contributed by atoms with Crippen LogP contribution in [-0.4, -0.2) is 8.18 Å². The van der Waals surface area contributed by atoms with Crippen LogP contribution in [0.1, 0.15) is 5.56 Å². The van der Waals surface area contributed by atoms with E-state index < -0.39 is 22.6 Å². The Morgan fingerprint density at radius 3 is 2.56 bits per heavy atom. The number of halogens is 2. The van der Waals surface area contributed by atoms with Gasteiger partial charge in [0.05, 0.1) is 21.0 Å². The van der Waals surface area contributed by atoms with Crippen LogP contribution in [0.25, 0.3) is 21.5 Å². The summed E-state index contributed by atoms with van der Waals surface area (Å²) in [5.74, 6) is -1.50. The summed E-state index contributed by atoms with van der Waals surface area (Å²) in [6.07, 6.45) is 0. The van der Waals surface area contributed by atoms with Crippen LogP contribution in [-0.2, 0) is 11.0 Å². The Bertz CT molecular complexity index is 1100. The van der Waals surface area contributed by atoms with E-state index in [0.29, 0.717) is 0 Å². The van der Waals surface area contributed by atoms with Crippen molar-refractivity contribution in [3.8, 4) is 10.6 Å². The van der Waals surface area contributed by atoms with E-state index in [1.165, 1.54) is 17.4 Å². The van der Waals surface area contributed by atoms with Gasteiger partial charge in [-0.3, -0.25) is 3.97 Å². The molecular formula is C19H13F2NOS2. The van der Waals surface area contributed by atoms with Gasteiger partial charge in [-0.05, 0) is 42.1 Å². The zero-order valence-corrected chi connectivity index (χ0v) is 14.8. The van der Waals surface area contributed by atoms with Gasteiger partial charge in [-0.2, -0.15) is 0 Å². The quantitative estimate of drug-likeness (QED) is 0.463. The third kappa shape index (κ3) is 2.62. The van der Waals surface area contributed by atoms with E-state index in [9.17, 15) is 13.0 Å². The normalized spacial score (nSPS) is 12.6. The van der Waals surface area contributed by atoms with Gasteiger partial charge < -0.3 is 0 Å². The molecule has 2 aromatic heterocycles. The number of aryl methyl sites for hydroxylation is 1. The molecule has 0 saturated heterocycles. The molecule has 6 heteroatoms. The summed E-state index contributed by atoms with van der Waals surface area (Å²) >= 11 is 1.53. The first kappa shape index (κ1) is 16.2. The van der Waals surface area contributed by atoms with Crippen molar-refractivity contribution < 1.29 is 13.0 Å². The summed E-state index contributed by atoms with van der Waals surface area (Å²) in [6, 6.07) is 14.6. The number of rotatable bonds is 3. The van der Waals surface area contributed by atoms with Crippen molar-refractivity contribution in [3.63, 3.8) is 0 Å². The zero-order valence-electron chi connectivity index (χ0n) is 13.2. The SMILES string of the molecule is Cc1c(-c2cccs2)n(S(=O)c2ccc(F)cc2F)c2ccccc12. The molecule has 2 aromatic carbocycles. The number of nitrogens with zero attached hydrogens (tertiary/aromatic N) is 1. The van der Waals surface area contributed by atoms with Crippen LogP contribution in [0.5, 0.6) is 0 Å². The average Bonchev–Trinajstić information content (AvgIpc) is 3.21. The van der Waals surface area contributed by atoms with Crippen LogP contribution >= 0.6 is 11.3 Å². The molecule has 0 N–H and O–H groups in total. The van der Waals surface area contributed by atoms with E-state index in [1.54, 1.807) is 3.97 Å². The van der Waals surface area contributed by atoms with Crippen molar-refractivity contribution in [2.24, 2.45) is 0 Å². The van der Waals surface area contributed by atoms with Crippen LogP contribution in [0.4, 0.5) is 8.78 Å². The van der Waals surface area contributed by atoms with E-state index >= 15 is 0 Å². The van der Waals surface area contributed by atoms with Gasteiger partial charge in [0.25, 0.3) is 0 Å². The maximum absolute atomic E-state index is 14.2. The fourth-order valence-corrected chi connectivity index (χ4v) is 5.17. The lowest BCUT2D eigenvalue weighted by atomic mass is 10.1. The Balaban J connectivity index is 2.03. The predicted molar refractivity (Wildman–Crippen MR) is 98.2 cm³/mol. The van der Waals surface area contributed by atoms with Gasteiger partial charge in [0.15, 0.2) is 11.0 Å². The molecule has 126 valence electrons. The van der Waals surface area contributed by atoms with Crippen molar-refractivity contribution in [2.45, 2.75) is 11.8 Å². The lowest BCUT2D eigenvalue weighted by Gasteiger charge is -2.11. The molecule has 0 spiro atoms. The van der Waals surface area contributed by atoms with Crippen LogP contribution in [0.2, 0.25) is 0 Å². The zero-order chi connectivity index (χ0) is 17.6. The largest absolute Gasteiger partial charge is 0.254 e. The number of hydrogen-bond acceptors (Lipinski definition) is 2. The minimum atomic E-state index is -1.83. The summed E-state index contributed by atoms with van der Waals surface area (Å²) in [4.78, 5) is 0.907. The molecule has 2 nitrogen and oxygen atoms in total. The van der Waals surface area contributed by atoms with Gasteiger partial charge in [0.2, 0.25) is 0 Å². The molecule has 4 aromatic rings. The third-order valence-electron chi connectivity index (χ3n) is 4.09. The second-order valence-corrected chi connectivity index (χ2v) is 7.84. The minimum Gasteiger partial charge on any atom is -0.254 e. The van der Waals surface area contributed by atoms with Gasteiger partial charge in [-0.1, -0.05) is 24.3 Å². The van der Waals surface area contributed by atoms with E-state index in [4.69, 9.17) is 0 Å². The number of thiophene rings is 1. The Hall–Kier alpha value is -2.31. The van der Waals surface area contributed by atoms with Crippen molar-refractivity contribution >= 4 is 33.2 Å². The van der Waals surface area contributed by atoms with E-state index in [2.05, 4.69) is 0 Å². The average molecular weight is 373 g/mol. The van der Waals surface area contributed by atoms with E-state index in [0.717, 1.165) is 39.2 Å². The fourth-order valence-electron chi connectivity index (χ4n) is 2.95. The maximum Gasteiger partial charge on any atom is 0.160 e. The molecule has 0 saturated carbocycles. The monoisotopic (exact) mass is 373 g/mol. The van der Waals surface area contributed by atoms with Crippen molar-refractivity contribution in [1.82, 2.24) is 3.97 Å². The number of hydrogen-bond donors (Lipinski definition) is 0. The molecule has 2 heterocycles. The maximum atomic E-state index is 14.2. The van der Waals surface area contributed by atoms with Crippen LogP contribution in [0, 0.1) is 18.6 Å². The van der Waals surface area contributed by atoms with Crippen molar-refractivity contribution in [1.29, 1.82) is 0 Å². The predicted octanol–water partition coefficient (Wildman–Crippen LogP) is 5.53. The van der Waals surface area contributed by atoms with Crippen LogP contribution in [0.3, 0.4) is 0 Å². The lowest BCUT2D eigenvalue weighted by Crippen LogP contribution is -2.08. The number of fused-ring (bicyclic) bond motifs is 1. The van der Waals surface area contributed by atoms with Crippen LogP contribution in [0.15, 0.2) is 64.9 Å². The Kier molecular flexibility index (Phi) is 4.01. The number of para-hydroxylation sites is 1. The lowest BCUT2D eigenvalue weighted by molar-refractivity contribution is 0.561. The molecule has 0 amide bonds. The highest BCUT2D eigenvalue weighted by Crippen LogP contribution is 2.37. The minimum absolute atomic E-state index is 0.0417. The highest BCUT2D eigenvalue weighted by Gasteiger charge is 2.23. The van der Waals surface area contributed by atoms with Crippen molar-refractivity contribution in [2.75, 3.05) is 0 Å². The first-order valence-corrected chi connectivity index (χ1v) is 9.58. The first-order chi connectivity index (χ1) is 12.1. The molecule has 0 radical (unpaired) electrons. The molecule has 0 aliphatic heterocycles. The Labute approximate surface area is 149 Å². The van der Waals surface area contributed by atoms with E-state index in [-0.39, 0.29) is 4.90 Å². The van der Waals surface area contributed by atoms with E-state index in [1.807, 2.05) is 48.7 Å². The second-order valence-electron chi connectivity index (χ2n) is 5.59. The smallest absolute Gasteiger partial charge is 0.160 e. The Morgan fingerprint density at radius 2 is 1.84 bits per heavy atom. The fraction of sp³-hybridized carbons (Fsp3) is 0.0526. The topological polar surface area (TPSA) is 22.0 Å². The molecule has 1 atom stereocenters. The number of benzene rings is 2. The summed E-state index contributed by atoms with van der Waals surface area (Å²) in [7, 11) is -1.83. The van der Waals surface area contributed by atoms with Gasteiger partial charge in [-0.15, -0.1) is 11.3 Å². The van der Waals surface area contributed by atoms with Gasteiger partial charge in [0.1, 0.15) is 11.6 Å². The van der Waals surface area contributed by atoms with Gasteiger partial charge in [-0.25, -0.2) is 13.0 Å². The highest BCUT2D eigenvalue weighted by atomic mass is 32.2. The molecule has 0 bridgehead atoms. The van der Waals surface area contributed by atoms with Crippen molar-refractivity contribution in [3.05, 3.63) is 77.2 Å². The van der Waals surface area contributed by atoms with Gasteiger partial charge in [0, 0.05) is 11.5 Å². The Morgan fingerprint density at radius 1 is 1.04 bits per heavy atom. The summed E-state index contributed by atoms with van der Waals surface area (Å²) in [6.45, 7) is 1.96. The molecule has 0 fully saturated rings. The third-order valence-corrected chi connectivity index (χ3v) is 6.38. The molecular weight excluding hydrogens is 360 g/mol. The standard InChI is InChI=1S/C19H13F2NOS2/c1-12-14-5-2-3-6-16(14)22(19(12)17-7-4-10-24-17)25(23)18-9-8-13(20)11-15(18)21/h2-11H,1H3. The first-order valence-electron chi connectivity index (χ1n) is 7.59. The molecule has 0 aliphatic carbocycles. The van der Waals surface area contributed by atoms with Gasteiger partial charge >= 0.3 is 0 Å².